The number of benzene rings is 2. The van der Waals surface area contributed by atoms with Crippen molar-refractivity contribution in [3.8, 4) is 28.4 Å². The third kappa shape index (κ3) is 2.17. The van der Waals surface area contributed by atoms with Crippen molar-refractivity contribution in [2.24, 2.45) is 0 Å². The number of carbonyl (C=O) groups is 1. The van der Waals surface area contributed by atoms with E-state index < -0.39 is 5.97 Å². The van der Waals surface area contributed by atoms with Crippen LogP contribution in [0, 0.1) is 13.8 Å². The Hall–Kier alpha value is -3.08. The van der Waals surface area contributed by atoms with Gasteiger partial charge in [-0.3, -0.25) is 0 Å². The average molecular weight is 320 g/mol. The van der Waals surface area contributed by atoms with E-state index in [4.69, 9.17) is 9.47 Å². The van der Waals surface area contributed by atoms with Gasteiger partial charge in [0, 0.05) is 5.56 Å². The zero-order valence-corrected chi connectivity index (χ0v) is 13.7. The minimum atomic E-state index is -0.397. The predicted molar refractivity (Wildman–Crippen MR) is 89.9 cm³/mol. The Labute approximate surface area is 139 Å². The number of rotatable bonds is 1. The highest BCUT2D eigenvalue weighted by atomic mass is 16.5. The monoisotopic (exact) mass is 320 g/mol. The molecular weight excluding hydrogens is 304 g/mol. The zero-order chi connectivity index (χ0) is 16.8. The lowest BCUT2D eigenvalue weighted by molar-refractivity contribution is 0.0600. The smallest absolute Gasteiger partial charge is 0.337 e. The summed E-state index contributed by atoms with van der Waals surface area (Å²) in [5.41, 5.74) is 5.24. The summed E-state index contributed by atoms with van der Waals surface area (Å²) in [4.78, 5) is 11.8. The first-order valence-electron chi connectivity index (χ1n) is 7.65. The predicted octanol–water partition coefficient (Wildman–Crippen LogP) is 4.05. The second kappa shape index (κ2) is 5.23. The van der Waals surface area contributed by atoms with Crippen LogP contribution in [0.1, 0.15) is 21.6 Å². The molecule has 0 bridgehead atoms. The van der Waals surface area contributed by atoms with Crippen molar-refractivity contribution in [2.75, 3.05) is 7.11 Å². The molecule has 2 heterocycles. The largest absolute Gasteiger partial charge is 0.465 e. The molecule has 0 fully saturated rings. The molecule has 0 spiro atoms. The lowest BCUT2D eigenvalue weighted by atomic mass is 10.1. The van der Waals surface area contributed by atoms with Crippen LogP contribution in [0.2, 0.25) is 0 Å². The molecule has 1 aliphatic heterocycles. The van der Waals surface area contributed by atoms with Crippen molar-refractivity contribution in [1.82, 2.24) is 9.78 Å². The molecule has 0 radical (unpaired) electrons. The highest BCUT2D eigenvalue weighted by molar-refractivity contribution is 5.90. The number of ether oxygens (including phenoxy) is 2. The van der Waals surface area contributed by atoms with Crippen LogP contribution in [0.25, 0.3) is 16.9 Å². The van der Waals surface area contributed by atoms with Crippen LogP contribution in [0.4, 0.5) is 0 Å². The summed E-state index contributed by atoms with van der Waals surface area (Å²) in [5, 5.41) is 4.60. The molecule has 1 aromatic heterocycles. The molecule has 0 atom stereocenters. The molecule has 0 aliphatic carbocycles. The maximum absolute atomic E-state index is 11.8. The van der Waals surface area contributed by atoms with Crippen molar-refractivity contribution in [1.29, 1.82) is 0 Å². The lowest BCUT2D eigenvalue weighted by Crippen LogP contribution is -2.04. The summed E-state index contributed by atoms with van der Waals surface area (Å²) < 4.78 is 12.8. The van der Waals surface area contributed by atoms with Crippen LogP contribution in [-0.2, 0) is 4.74 Å². The van der Waals surface area contributed by atoms with Crippen LogP contribution < -0.4 is 4.74 Å². The maximum Gasteiger partial charge on any atom is 0.337 e. The van der Waals surface area contributed by atoms with Gasteiger partial charge in [0.1, 0.15) is 11.4 Å². The molecular formula is C19H16N2O3. The second-order valence-corrected chi connectivity index (χ2v) is 5.86. The fraction of sp³-hybridized carbons (Fsp3) is 0.158. The van der Waals surface area contributed by atoms with Crippen molar-refractivity contribution >= 4 is 5.97 Å². The highest BCUT2D eigenvalue weighted by Crippen LogP contribution is 2.42. The van der Waals surface area contributed by atoms with Gasteiger partial charge in [0.15, 0.2) is 5.75 Å². The van der Waals surface area contributed by atoms with E-state index in [0.717, 1.165) is 34.0 Å². The Bertz CT molecular complexity index is 973. The minimum absolute atomic E-state index is 0.397. The standard InChI is InChI=1S/C19H16N2O3/c1-11-4-7-17-14(8-11)16-9-12(2)20-21(16)15-6-5-13(19(22)23-3)10-18(15)24-17/h4-10H,1-3H3. The zero-order valence-electron chi connectivity index (χ0n) is 13.7. The molecule has 0 saturated heterocycles. The number of hydrogen-bond acceptors (Lipinski definition) is 4. The van der Waals surface area contributed by atoms with E-state index in [-0.39, 0.29) is 0 Å². The first kappa shape index (κ1) is 14.5. The quantitative estimate of drug-likeness (QED) is 0.497. The van der Waals surface area contributed by atoms with Gasteiger partial charge in [-0.25, -0.2) is 9.48 Å². The van der Waals surface area contributed by atoms with Gasteiger partial charge >= 0.3 is 5.97 Å². The number of fused-ring (bicyclic) bond motifs is 5. The molecule has 2 aromatic carbocycles. The van der Waals surface area contributed by atoms with Crippen LogP contribution >= 0.6 is 0 Å². The lowest BCUT2D eigenvalue weighted by Gasteiger charge is -2.10. The minimum Gasteiger partial charge on any atom is -0.465 e. The van der Waals surface area contributed by atoms with Crippen LogP contribution in [0.3, 0.4) is 0 Å². The summed E-state index contributed by atoms with van der Waals surface area (Å²) in [5.74, 6) is 0.916. The van der Waals surface area contributed by atoms with E-state index >= 15 is 0 Å². The molecule has 5 nitrogen and oxygen atoms in total. The van der Waals surface area contributed by atoms with Crippen LogP contribution in [-0.4, -0.2) is 22.9 Å². The van der Waals surface area contributed by atoms with Gasteiger partial charge in [-0.15, -0.1) is 0 Å². The van der Waals surface area contributed by atoms with Gasteiger partial charge in [0.2, 0.25) is 0 Å². The van der Waals surface area contributed by atoms with E-state index in [1.807, 2.05) is 42.8 Å². The summed E-state index contributed by atoms with van der Waals surface area (Å²) in [6.45, 7) is 4.00. The summed E-state index contributed by atoms with van der Waals surface area (Å²) >= 11 is 0. The van der Waals surface area contributed by atoms with Gasteiger partial charge in [-0.05, 0) is 50.2 Å². The SMILES string of the molecule is COC(=O)c1ccc2c(c1)Oc1ccc(C)cc1-c1cc(C)nn1-2. The first-order chi connectivity index (χ1) is 11.6. The Kier molecular flexibility index (Phi) is 3.16. The molecule has 120 valence electrons. The first-order valence-corrected chi connectivity index (χ1v) is 7.65. The fourth-order valence-electron chi connectivity index (χ4n) is 2.94. The summed E-state index contributed by atoms with van der Waals surface area (Å²) in [7, 11) is 1.36. The van der Waals surface area contributed by atoms with E-state index in [1.165, 1.54) is 7.11 Å². The third-order valence-electron chi connectivity index (χ3n) is 4.07. The average Bonchev–Trinajstić information content (AvgIpc) is 2.92. The third-order valence-corrected chi connectivity index (χ3v) is 4.07. The summed E-state index contributed by atoms with van der Waals surface area (Å²) in [6, 6.07) is 13.3. The number of carbonyl (C=O) groups excluding carboxylic acids is 1. The van der Waals surface area contributed by atoms with Crippen molar-refractivity contribution in [2.45, 2.75) is 13.8 Å². The molecule has 1 aliphatic rings. The van der Waals surface area contributed by atoms with E-state index in [2.05, 4.69) is 11.2 Å². The van der Waals surface area contributed by atoms with Gasteiger partial charge < -0.3 is 9.47 Å². The van der Waals surface area contributed by atoms with E-state index in [9.17, 15) is 4.79 Å². The topological polar surface area (TPSA) is 53.4 Å². The Balaban J connectivity index is 2.00. The number of esters is 1. The fourth-order valence-corrected chi connectivity index (χ4v) is 2.94. The normalized spacial score (nSPS) is 11.6. The molecule has 4 rings (SSSR count). The Morgan fingerprint density at radius 3 is 2.71 bits per heavy atom. The number of aromatic nitrogens is 2. The highest BCUT2D eigenvalue weighted by Gasteiger charge is 2.23. The Morgan fingerprint density at radius 2 is 1.92 bits per heavy atom. The Morgan fingerprint density at radius 1 is 1.08 bits per heavy atom. The van der Waals surface area contributed by atoms with E-state index in [0.29, 0.717) is 11.3 Å². The molecule has 5 heteroatoms. The van der Waals surface area contributed by atoms with Crippen molar-refractivity contribution < 1.29 is 14.3 Å². The molecule has 0 amide bonds. The molecule has 0 N–H and O–H groups in total. The molecule has 24 heavy (non-hydrogen) atoms. The van der Waals surface area contributed by atoms with Gasteiger partial charge in [0.05, 0.1) is 24.1 Å². The van der Waals surface area contributed by atoms with E-state index in [1.54, 1.807) is 12.1 Å². The number of methoxy groups -OCH3 is 1. The van der Waals surface area contributed by atoms with Crippen LogP contribution in [0.5, 0.6) is 11.5 Å². The van der Waals surface area contributed by atoms with Gasteiger partial charge in [-0.1, -0.05) is 11.6 Å². The number of aryl methyl sites for hydroxylation is 2. The molecule has 0 saturated carbocycles. The summed E-state index contributed by atoms with van der Waals surface area (Å²) in [6.07, 6.45) is 0. The van der Waals surface area contributed by atoms with Gasteiger partial charge in [-0.2, -0.15) is 5.10 Å². The number of hydrogen-bond donors (Lipinski definition) is 0. The number of nitrogens with zero attached hydrogens (tertiary/aromatic N) is 2. The van der Waals surface area contributed by atoms with Crippen molar-refractivity contribution in [3.05, 3.63) is 59.3 Å². The van der Waals surface area contributed by atoms with Gasteiger partial charge in [0.25, 0.3) is 0 Å². The molecule has 3 aromatic rings. The maximum atomic E-state index is 11.8. The molecule has 0 unspecified atom stereocenters. The van der Waals surface area contributed by atoms with Crippen molar-refractivity contribution in [3.63, 3.8) is 0 Å². The van der Waals surface area contributed by atoms with Crippen LogP contribution in [0.15, 0.2) is 42.5 Å². The second-order valence-electron chi connectivity index (χ2n) is 5.86.